The molecule has 0 aliphatic rings. The molecule has 0 aromatic heterocycles. The second-order valence-electron chi connectivity index (χ2n) is 7.06. The van der Waals surface area contributed by atoms with Crippen LogP contribution in [0.3, 0.4) is 0 Å². The van der Waals surface area contributed by atoms with Crippen molar-refractivity contribution in [3.8, 4) is 11.8 Å². The molecule has 0 N–H and O–H groups in total. The van der Waals surface area contributed by atoms with E-state index in [1.165, 1.54) is 18.2 Å². The molecule has 4 rings (SSSR count). The summed E-state index contributed by atoms with van der Waals surface area (Å²) in [4.78, 5) is 10.6. The first-order chi connectivity index (χ1) is 15.6. The van der Waals surface area contributed by atoms with Crippen molar-refractivity contribution in [2.45, 2.75) is 6.61 Å². The molecule has 6 heteroatoms. The number of fused-ring (bicyclic) bond motifs is 1. The number of hydrogen-bond acceptors (Lipinski definition) is 4. The molecule has 156 valence electrons. The van der Waals surface area contributed by atoms with E-state index in [9.17, 15) is 19.8 Å². The number of nitro benzene ring substituents is 1. The topological polar surface area (TPSA) is 76.2 Å². The average molecular weight is 424 g/mol. The monoisotopic (exact) mass is 424 g/mol. The maximum absolute atomic E-state index is 14.3. The van der Waals surface area contributed by atoms with Gasteiger partial charge in [0.15, 0.2) is 0 Å². The zero-order chi connectivity index (χ0) is 22.5. The summed E-state index contributed by atoms with van der Waals surface area (Å²) >= 11 is 0. The molecule has 0 fully saturated rings. The van der Waals surface area contributed by atoms with E-state index >= 15 is 0 Å². The van der Waals surface area contributed by atoms with E-state index in [1.54, 1.807) is 42.5 Å². The fourth-order valence-electron chi connectivity index (χ4n) is 3.47. The number of hydrogen-bond donors (Lipinski definition) is 0. The van der Waals surface area contributed by atoms with E-state index in [1.807, 2.05) is 30.3 Å². The van der Waals surface area contributed by atoms with E-state index in [2.05, 4.69) is 6.07 Å². The Balaban J connectivity index is 1.78. The number of halogens is 1. The number of nitro groups is 1. The average Bonchev–Trinajstić information content (AvgIpc) is 2.82. The Kier molecular flexibility index (Phi) is 5.91. The highest BCUT2D eigenvalue weighted by Gasteiger charge is 2.13. The molecule has 0 aliphatic carbocycles. The first-order valence-corrected chi connectivity index (χ1v) is 9.81. The predicted molar refractivity (Wildman–Crippen MR) is 121 cm³/mol. The van der Waals surface area contributed by atoms with Gasteiger partial charge in [-0.05, 0) is 34.5 Å². The molecule has 0 aliphatic heterocycles. The van der Waals surface area contributed by atoms with E-state index in [-0.39, 0.29) is 23.4 Å². The van der Waals surface area contributed by atoms with Crippen molar-refractivity contribution in [2.24, 2.45) is 0 Å². The molecule has 32 heavy (non-hydrogen) atoms. The van der Waals surface area contributed by atoms with Gasteiger partial charge in [-0.2, -0.15) is 5.26 Å². The third-order valence-electron chi connectivity index (χ3n) is 5.02. The van der Waals surface area contributed by atoms with Crippen LogP contribution in [0.15, 0.2) is 84.9 Å². The highest BCUT2D eigenvalue weighted by Crippen LogP contribution is 2.33. The van der Waals surface area contributed by atoms with Crippen LogP contribution in [0.4, 0.5) is 10.1 Å². The fraction of sp³-hybridized carbons (Fsp3) is 0.0385. The van der Waals surface area contributed by atoms with Crippen molar-refractivity contribution in [3.05, 3.63) is 118 Å². The van der Waals surface area contributed by atoms with Crippen LogP contribution < -0.4 is 4.74 Å². The summed E-state index contributed by atoms with van der Waals surface area (Å²) in [5.41, 5.74) is 1.62. The Morgan fingerprint density at radius 2 is 1.81 bits per heavy atom. The number of benzene rings is 4. The van der Waals surface area contributed by atoms with Gasteiger partial charge in [0.05, 0.1) is 16.6 Å². The molecule has 5 nitrogen and oxygen atoms in total. The second kappa shape index (κ2) is 9.11. The van der Waals surface area contributed by atoms with Gasteiger partial charge < -0.3 is 4.74 Å². The van der Waals surface area contributed by atoms with Gasteiger partial charge in [-0.15, -0.1) is 0 Å². The zero-order valence-electron chi connectivity index (χ0n) is 16.9. The number of ether oxygens (including phenoxy) is 1. The van der Waals surface area contributed by atoms with Gasteiger partial charge in [-0.3, -0.25) is 10.1 Å². The van der Waals surface area contributed by atoms with Crippen molar-refractivity contribution in [1.82, 2.24) is 0 Å². The fourth-order valence-corrected chi connectivity index (χ4v) is 3.47. The van der Waals surface area contributed by atoms with Gasteiger partial charge in [0.1, 0.15) is 18.2 Å². The number of nitriles is 1. The minimum absolute atomic E-state index is 0.0175. The van der Waals surface area contributed by atoms with Crippen LogP contribution in [-0.4, -0.2) is 4.92 Å². The molecule has 0 amide bonds. The lowest BCUT2D eigenvalue weighted by Crippen LogP contribution is -1.99. The van der Waals surface area contributed by atoms with Gasteiger partial charge in [-0.25, -0.2) is 4.39 Å². The molecular formula is C26H17FN2O3. The smallest absolute Gasteiger partial charge is 0.269 e. The summed E-state index contributed by atoms with van der Waals surface area (Å²) in [5, 5.41) is 22.5. The number of nitrogens with zero attached hydrogens (tertiary/aromatic N) is 2. The Labute approximate surface area is 183 Å². The summed E-state index contributed by atoms with van der Waals surface area (Å²) in [5.74, 6) is -0.00102. The summed E-state index contributed by atoms with van der Waals surface area (Å²) in [6.07, 6.45) is 1.61. The number of non-ortho nitro benzene ring substituents is 1. The van der Waals surface area contributed by atoms with Crippen molar-refractivity contribution in [2.75, 3.05) is 0 Å². The number of rotatable bonds is 6. The molecule has 0 radical (unpaired) electrons. The van der Waals surface area contributed by atoms with Gasteiger partial charge in [0.2, 0.25) is 0 Å². The highest BCUT2D eigenvalue weighted by atomic mass is 19.1. The highest BCUT2D eigenvalue weighted by molar-refractivity contribution is 6.00. The third-order valence-corrected chi connectivity index (χ3v) is 5.02. The summed E-state index contributed by atoms with van der Waals surface area (Å²) in [6, 6.07) is 25.7. The van der Waals surface area contributed by atoms with Crippen LogP contribution in [0.1, 0.15) is 16.7 Å². The quantitative estimate of drug-likeness (QED) is 0.153. The lowest BCUT2D eigenvalue weighted by molar-refractivity contribution is -0.384. The van der Waals surface area contributed by atoms with Gasteiger partial charge in [0, 0.05) is 23.3 Å². The lowest BCUT2D eigenvalue weighted by Gasteiger charge is -2.13. The SMILES string of the molecule is N#CC(=Cc1c(OCc2cccc([N+](=O)[O-])c2)ccc2ccccc12)c1ccccc1F. The molecule has 0 unspecified atom stereocenters. The number of allylic oxidation sites excluding steroid dienone is 1. The molecule has 0 saturated heterocycles. The molecule has 4 aromatic rings. The maximum atomic E-state index is 14.3. The molecule has 0 spiro atoms. The van der Waals surface area contributed by atoms with Crippen LogP contribution in [0.2, 0.25) is 0 Å². The Morgan fingerprint density at radius 1 is 1.03 bits per heavy atom. The molecule has 0 heterocycles. The van der Waals surface area contributed by atoms with E-state index in [0.717, 1.165) is 10.8 Å². The lowest BCUT2D eigenvalue weighted by atomic mass is 9.98. The first kappa shape index (κ1) is 20.8. The van der Waals surface area contributed by atoms with Crippen molar-refractivity contribution < 1.29 is 14.1 Å². The minimum Gasteiger partial charge on any atom is -0.488 e. The summed E-state index contributed by atoms with van der Waals surface area (Å²) in [7, 11) is 0. The standard InChI is InChI=1S/C26H17FN2O3/c27-25-11-4-3-10-23(25)20(16-28)15-24-22-9-2-1-7-19(22)12-13-26(24)32-17-18-6-5-8-21(14-18)29(30)31/h1-15H,17H2. The van der Waals surface area contributed by atoms with Gasteiger partial charge in [0.25, 0.3) is 5.69 Å². The summed E-state index contributed by atoms with van der Waals surface area (Å²) < 4.78 is 20.3. The predicted octanol–water partition coefficient (Wildman–Crippen LogP) is 6.53. The maximum Gasteiger partial charge on any atom is 0.269 e. The Morgan fingerprint density at radius 3 is 2.59 bits per heavy atom. The van der Waals surface area contributed by atoms with E-state index < -0.39 is 10.7 Å². The largest absolute Gasteiger partial charge is 0.488 e. The van der Waals surface area contributed by atoms with Crippen LogP contribution in [-0.2, 0) is 6.61 Å². The van der Waals surface area contributed by atoms with Crippen LogP contribution in [0, 0.1) is 27.3 Å². The van der Waals surface area contributed by atoms with Gasteiger partial charge in [-0.1, -0.05) is 60.7 Å². The van der Waals surface area contributed by atoms with Crippen LogP contribution in [0.25, 0.3) is 22.4 Å². The molecule has 0 atom stereocenters. The second-order valence-corrected chi connectivity index (χ2v) is 7.06. The van der Waals surface area contributed by atoms with E-state index in [0.29, 0.717) is 16.9 Å². The normalized spacial score (nSPS) is 11.2. The summed E-state index contributed by atoms with van der Waals surface area (Å²) in [6.45, 7) is 0.0996. The van der Waals surface area contributed by atoms with Gasteiger partial charge >= 0.3 is 0 Å². The minimum atomic E-state index is -0.486. The van der Waals surface area contributed by atoms with Crippen LogP contribution >= 0.6 is 0 Å². The first-order valence-electron chi connectivity index (χ1n) is 9.81. The van der Waals surface area contributed by atoms with E-state index in [4.69, 9.17) is 4.74 Å². The van der Waals surface area contributed by atoms with Crippen molar-refractivity contribution in [3.63, 3.8) is 0 Å². The van der Waals surface area contributed by atoms with Crippen molar-refractivity contribution >= 4 is 28.1 Å². The molecule has 4 aromatic carbocycles. The molecule has 0 bridgehead atoms. The van der Waals surface area contributed by atoms with Crippen LogP contribution in [0.5, 0.6) is 5.75 Å². The zero-order valence-corrected chi connectivity index (χ0v) is 16.9. The third kappa shape index (κ3) is 4.32. The molecular weight excluding hydrogens is 407 g/mol. The molecule has 0 saturated carbocycles. The Bertz CT molecular complexity index is 1390. The Hall–Kier alpha value is -4.50. The van der Waals surface area contributed by atoms with Crippen molar-refractivity contribution in [1.29, 1.82) is 5.26 Å².